The van der Waals surface area contributed by atoms with E-state index in [4.69, 9.17) is 9.47 Å². The van der Waals surface area contributed by atoms with Gasteiger partial charge in [-0.25, -0.2) is 9.59 Å². The summed E-state index contributed by atoms with van der Waals surface area (Å²) in [5.41, 5.74) is 8.03. The Morgan fingerprint density at radius 2 is 1.24 bits per heavy atom. The van der Waals surface area contributed by atoms with Crippen molar-refractivity contribution in [2.24, 2.45) is 0 Å². The summed E-state index contributed by atoms with van der Waals surface area (Å²) < 4.78 is 14.0. The molecule has 0 bridgehead atoms. The van der Waals surface area contributed by atoms with Gasteiger partial charge in [0.1, 0.15) is 18.2 Å². The number of nitrogens with zero attached hydrogens (tertiary/aromatic N) is 2. The Hall–Kier alpha value is -5.72. The van der Waals surface area contributed by atoms with Crippen LogP contribution in [-0.4, -0.2) is 27.1 Å². The van der Waals surface area contributed by atoms with Crippen LogP contribution < -0.4 is 0 Å². The van der Waals surface area contributed by atoms with Gasteiger partial charge < -0.3 is 9.47 Å². The van der Waals surface area contributed by atoms with Crippen molar-refractivity contribution < 1.29 is 19.1 Å². The van der Waals surface area contributed by atoms with Crippen LogP contribution in [0.1, 0.15) is 71.6 Å². The zero-order valence-electron chi connectivity index (χ0n) is 29.1. The number of rotatable bonds is 7. The Morgan fingerprint density at radius 3 is 1.82 bits per heavy atom. The number of hydrogen-bond acceptors (Lipinski definition) is 5. The smallest absolute Gasteiger partial charge is 0.419 e. The van der Waals surface area contributed by atoms with Gasteiger partial charge in [-0.05, 0) is 65.8 Å². The molecule has 5 aromatic carbocycles. The maximum Gasteiger partial charge on any atom is 0.419 e. The van der Waals surface area contributed by atoms with Gasteiger partial charge >= 0.3 is 12.1 Å². The lowest BCUT2D eigenvalue weighted by atomic mass is 9.78. The van der Waals surface area contributed by atoms with E-state index in [-0.39, 0.29) is 12.6 Å². The Morgan fingerprint density at radius 1 is 0.706 bits per heavy atom. The van der Waals surface area contributed by atoms with E-state index in [1.807, 2.05) is 106 Å². The average Bonchev–Trinajstić information content (AvgIpc) is 3.77. The molecule has 0 N–H and O–H groups in total. The number of benzene rings is 5. The Labute approximate surface area is 298 Å². The van der Waals surface area contributed by atoms with Crippen LogP contribution in [0.4, 0.5) is 4.79 Å². The molecule has 0 fully saturated rings. The van der Waals surface area contributed by atoms with E-state index in [2.05, 4.69) is 65.6 Å². The van der Waals surface area contributed by atoms with Crippen molar-refractivity contribution in [3.63, 3.8) is 0 Å². The van der Waals surface area contributed by atoms with Crippen LogP contribution in [0.2, 0.25) is 0 Å². The highest BCUT2D eigenvalue weighted by molar-refractivity contribution is 5.86. The molecule has 0 unspecified atom stereocenters. The first-order valence-electron chi connectivity index (χ1n) is 17.5. The number of aromatic nitrogens is 1. The molecular formula is C45H40N2O4. The van der Waals surface area contributed by atoms with E-state index in [1.54, 1.807) is 4.57 Å². The second-order valence-electron chi connectivity index (χ2n) is 14.3. The standard InChI is InChI=1S/C45H40N2O4/c1-44(2,3)51-43(49)47-34(27-31-17-7-4-8-18-31)28-37-40(47)29-46(41(37)42(48)50-30-32-19-9-5-10-20-32)45(33-21-11-6-12-22-33)38-25-15-13-23-35(38)36-24-14-16-26-39(36)45/h4-26,28,41H,27,29-30H2,1-3H3/t41-/m0/s1. The molecule has 1 aromatic heterocycles. The quantitative estimate of drug-likeness (QED) is 0.158. The molecule has 2 heterocycles. The fourth-order valence-electron chi connectivity index (χ4n) is 7.97. The molecule has 1 aliphatic carbocycles. The summed E-state index contributed by atoms with van der Waals surface area (Å²) in [6.07, 6.45) is 0.0304. The molecule has 51 heavy (non-hydrogen) atoms. The zero-order chi connectivity index (χ0) is 35.2. The highest BCUT2D eigenvalue weighted by Gasteiger charge is 2.56. The van der Waals surface area contributed by atoms with Gasteiger partial charge in [-0.2, -0.15) is 0 Å². The highest BCUT2D eigenvalue weighted by Crippen LogP contribution is 2.58. The molecular weight excluding hydrogens is 633 g/mol. The van der Waals surface area contributed by atoms with Gasteiger partial charge in [0.15, 0.2) is 0 Å². The third kappa shape index (κ3) is 5.66. The first-order valence-corrected chi connectivity index (χ1v) is 17.5. The maximum atomic E-state index is 14.8. The van der Waals surface area contributed by atoms with E-state index >= 15 is 0 Å². The lowest BCUT2D eigenvalue weighted by Crippen LogP contribution is -2.48. The second kappa shape index (κ2) is 12.9. The topological polar surface area (TPSA) is 60.8 Å². The summed E-state index contributed by atoms with van der Waals surface area (Å²) in [5, 5.41) is 0. The summed E-state index contributed by atoms with van der Waals surface area (Å²) in [7, 11) is 0. The number of ether oxygens (including phenoxy) is 2. The molecule has 2 aliphatic rings. The minimum atomic E-state index is -0.873. The fraction of sp³-hybridized carbons (Fsp3) is 0.200. The predicted octanol–water partition coefficient (Wildman–Crippen LogP) is 9.43. The lowest BCUT2D eigenvalue weighted by molar-refractivity contribution is -0.153. The van der Waals surface area contributed by atoms with Gasteiger partial charge in [0.25, 0.3) is 0 Å². The first-order chi connectivity index (χ1) is 24.8. The third-order valence-corrected chi connectivity index (χ3v) is 9.94. The van der Waals surface area contributed by atoms with Gasteiger partial charge in [0, 0.05) is 29.9 Å². The molecule has 0 saturated heterocycles. The van der Waals surface area contributed by atoms with Crippen LogP contribution in [0, 0.1) is 0 Å². The van der Waals surface area contributed by atoms with Crippen LogP contribution in [-0.2, 0) is 39.4 Å². The third-order valence-electron chi connectivity index (χ3n) is 9.94. The molecule has 0 saturated carbocycles. The molecule has 6 aromatic rings. The van der Waals surface area contributed by atoms with Gasteiger partial charge in [-0.15, -0.1) is 0 Å². The van der Waals surface area contributed by atoms with E-state index in [0.29, 0.717) is 13.0 Å². The maximum absolute atomic E-state index is 14.8. The van der Waals surface area contributed by atoms with Crippen molar-refractivity contribution in [1.82, 2.24) is 9.47 Å². The monoisotopic (exact) mass is 672 g/mol. The number of carbonyl (C=O) groups excluding carboxylic acids is 2. The van der Waals surface area contributed by atoms with Crippen molar-refractivity contribution in [2.45, 2.75) is 57.5 Å². The first kappa shape index (κ1) is 32.5. The van der Waals surface area contributed by atoms with Gasteiger partial charge in [0.2, 0.25) is 0 Å². The zero-order valence-corrected chi connectivity index (χ0v) is 29.1. The number of fused-ring (bicyclic) bond motifs is 4. The molecule has 6 nitrogen and oxygen atoms in total. The summed E-state index contributed by atoms with van der Waals surface area (Å²) >= 11 is 0. The highest BCUT2D eigenvalue weighted by atomic mass is 16.6. The van der Waals surface area contributed by atoms with E-state index in [9.17, 15) is 9.59 Å². The van der Waals surface area contributed by atoms with E-state index < -0.39 is 23.3 Å². The number of carbonyl (C=O) groups is 2. The van der Waals surface area contributed by atoms with Crippen molar-refractivity contribution >= 4 is 12.1 Å². The fourth-order valence-corrected chi connectivity index (χ4v) is 7.97. The van der Waals surface area contributed by atoms with Gasteiger partial charge in [0.05, 0.1) is 5.54 Å². The minimum Gasteiger partial charge on any atom is -0.459 e. The molecule has 1 aliphatic heterocycles. The van der Waals surface area contributed by atoms with Crippen molar-refractivity contribution in [3.05, 3.63) is 190 Å². The SMILES string of the molecule is CC(C)(C)OC(=O)n1c(Cc2ccccc2)cc2c1CN(C1(c3ccccc3)c3ccccc3-c3ccccc31)[C@@H]2C(=O)OCc1ccccc1. The lowest BCUT2D eigenvalue weighted by Gasteiger charge is -2.44. The Bertz CT molecular complexity index is 2170. The van der Waals surface area contributed by atoms with Crippen LogP contribution in [0.25, 0.3) is 11.1 Å². The average molecular weight is 673 g/mol. The van der Waals surface area contributed by atoms with Crippen LogP contribution in [0.5, 0.6) is 0 Å². The van der Waals surface area contributed by atoms with Crippen LogP contribution in [0.3, 0.4) is 0 Å². The molecule has 0 amide bonds. The summed E-state index contributed by atoms with van der Waals surface area (Å²) in [5.74, 6) is -0.373. The molecule has 254 valence electrons. The van der Waals surface area contributed by atoms with E-state index in [1.165, 1.54) is 0 Å². The van der Waals surface area contributed by atoms with E-state index in [0.717, 1.165) is 55.9 Å². The minimum absolute atomic E-state index is 0.133. The second-order valence-corrected chi connectivity index (χ2v) is 14.3. The normalized spacial score (nSPS) is 15.9. The Kier molecular flexibility index (Phi) is 8.20. The van der Waals surface area contributed by atoms with Crippen molar-refractivity contribution in [1.29, 1.82) is 0 Å². The number of hydrogen-bond donors (Lipinski definition) is 0. The van der Waals surface area contributed by atoms with Gasteiger partial charge in [-0.1, -0.05) is 140 Å². The summed E-state index contributed by atoms with van der Waals surface area (Å²) in [6, 6.07) is 48.3. The van der Waals surface area contributed by atoms with Crippen molar-refractivity contribution in [3.8, 4) is 11.1 Å². The largest absolute Gasteiger partial charge is 0.459 e. The van der Waals surface area contributed by atoms with Gasteiger partial charge in [-0.3, -0.25) is 9.47 Å². The molecule has 1 atom stereocenters. The van der Waals surface area contributed by atoms with Crippen LogP contribution >= 0.6 is 0 Å². The summed E-state index contributed by atoms with van der Waals surface area (Å²) in [4.78, 5) is 31.3. The predicted molar refractivity (Wildman–Crippen MR) is 198 cm³/mol. The Balaban J connectivity index is 1.35. The van der Waals surface area contributed by atoms with Crippen LogP contribution in [0.15, 0.2) is 146 Å². The molecule has 8 rings (SSSR count). The summed E-state index contributed by atoms with van der Waals surface area (Å²) in [6.45, 7) is 6.05. The molecule has 0 spiro atoms. The molecule has 6 heteroatoms. The number of esters is 1. The van der Waals surface area contributed by atoms with Crippen molar-refractivity contribution in [2.75, 3.05) is 0 Å². The molecule has 0 radical (unpaired) electrons.